The minimum absolute atomic E-state index is 0.00135. The number of hydrogen-bond acceptors (Lipinski definition) is 5. The second-order valence-electron chi connectivity index (χ2n) is 10.00. The number of likely N-dealkylation sites (N-methyl/N-ethyl adjacent to an activating group) is 1. The first kappa shape index (κ1) is 26.2. The molecule has 2 aromatic rings. The Morgan fingerprint density at radius 1 is 0.816 bits per heavy atom. The standard InChI is InChI=1S/C27H29F3N4O4/c1-31-12-14-33(15-13-31)26(37)23-17-38-27(34(23)24(35)18-2-4-19(28)5-3-18)8-10-32(11-9-27)25(36)21-7-6-20(29)16-22(21)30/h2-7,16,23H,8-15,17H2,1H3. The Balaban J connectivity index is 1.39. The number of benzene rings is 2. The van der Waals surface area contributed by atoms with Crippen molar-refractivity contribution in [3.05, 3.63) is 71.0 Å². The number of piperazine rings is 1. The molecule has 0 saturated carbocycles. The van der Waals surface area contributed by atoms with Crippen LogP contribution in [0.1, 0.15) is 33.6 Å². The number of ether oxygens (including phenoxy) is 1. The molecule has 1 atom stereocenters. The summed E-state index contributed by atoms with van der Waals surface area (Å²) in [4.78, 5) is 47.1. The number of rotatable bonds is 3. The fourth-order valence-electron chi connectivity index (χ4n) is 5.42. The third kappa shape index (κ3) is 4.88. The highest BCUT2D eigenvalue weighted by Crippen LogP contribution is 2.39. The quantitative estimate of drug-likeness (QED) is 0.610. The van der Waals surface area contributed by atoms with Crippen molar-refractivity contribution in [1.29, 1.82) is 0 Å². The lowest BCUT2D eigenvalue weighted by Crippen LogP contribution is -2.61. The number of hydrogen-bond donors (Lipinski definition) is 0. The summed E-state index contributed by atoms with van der Waals surface area (Å²) >= 11 is 0. The van der Waals surface area contributed by atoms with Crippen LogP contribution in [-0.2, 0) is 9.53 Å². The summed E-state index contributed by atoms with van der Waals surface area (Å²) in [5.41, 5.74) is -1.17. The van der Waals surface area contributed by atoms with Crippen LogP contribution >= 0.6 is 0 Å². The van der Waals surface area contributed by atoms with Crippen LogP contribution in [0.5, 0.6) is 0 Å². The molecule has 0 aliphatic carbocycles. The van der Waals surface area contributed by atoms with E-state index in [9.17, 15) is 27.6 Å². The molecule has 0 radical (unpaired) electrons. The van der Waals surface area contributed by atoms with Crippen molar-refractivity contribution in [3.8, 4) is 0 Å². The Labute approximate surface area is 218 Å². The highest BCUT2D eigenvalue weighted by Gasteiger charge is 2.55. The van der Waals surface area contributed by atoms with Gasteiger partial charge in [-0.2, -0.15) is 0 Å². The maximum Gasteiger partial charge on any atom is 0.256 e. The fraction of sp³-hybridized carbons (Fsp3) is 0.444. The molecule has 202 valence electrons. The van der Waals surface area contributed by atoms with Gasteiger partial charge in [0.15, 0.2) is 0 Å². The van der Waals surface area contributed by atoms with Crippen LogP contribution in [-0.4, -0.2) is 102 Å². The molecule has 11 heteroatoms. The number of likely N-dealkylation sites (tertiary alicyclic amines) is 1. The summed E-state index contributed by atoms with van der Waals surface area (Å²) in [7, 11) is 1.98. The maximum atomic E-state index is 14.2. The second kappa shape index (κ2) is 10.4. The zero-order valence-corrected chi connectivity index (χ0v) is 21.0. The van der Waals surface area contributed by atoms with Crippen molar-refractivity contribution in [2.24, 2.45) is 0 Å². The van der Waals surface area contributed by atoms with Gasteiger partial charge in [0.1, 0.15) is 29.2 Å². The first-order valence-corrected chi connectivity index (χ1v) is 12.6. The van der Waals surface area contributed by atoms with Crippen molar-refractivity contribution in [1.82, 2.24) is 19.6 Å². The molecule has 2 aromatic carbocycles. The monoisotopic (exact) mass is 530 g/mol. The summed E-state index contributed by atoms with van der Waals surface area (Å²) in [5.74, 6) is -3.47. The van der Waals surface area contributed by atoms with Gasteiger partial charge in [0.25, 0.3) is 11.8 Å². The van der Waals surface area contributed by atoms with Crippen LogP contribution in [0.3, 0.4) is 0 Å². The molecule has 3 saturated heterocycles. The lowest BCUT2D eigenvalue weighted by atomic mass is 9.96. The molecule has 38 heavy (non-hydrogen) atoms. The third-order valence-electron chi connectivity index (χ3n) is 7.66. The van der Waals surface area contributed by atoms with Gasteiger partial charge >= 0.3 is 0 Å². The minimum atomic E-state index is -1.16. The van der Waals surface area contributed by atoms with Crippen molar-refractivity contribution in [2.45, 2.75) is 24.6 Å². The highest BCUT2D eigenvalue weighted by molar-refractivity contribution is 5.98. The molecule has 3 amide bonds. The van der Waals surface area contributed by atoms with Crippen LogP contribution in [0.2, 0.25) is 0 Å². The maximum absolute atomic E-state index is 14.2. The topological polar surface area (TPSA) is 73.4 Å². The van der Waals surface area contributed by atoms with Gasteiger partial charge in [0.2, 0.25) is 5.91 Å². The molecule has 0 N–H and O–H groups in total. The van der Waals surface area contributed by atoms with E-state index in [1.54, 1.807) is 4.90 Å². The predicted octanol–water partition coefficient (Wildman–Crippen LogP) is 2.35. The summed E-state index contributed by atoms with van der Waals surface area (Å²) in [6, 6.07) is 7.05. The van der Waals surface area contributed by atoms with E-state index in [2.05, 4.69) is 4.90 Å². The number of halogens is 3. The van der Waals surface area contributed by atoms with Crippen LogP contribution in [0.15, 0.2) is 42.5 Å². The summed E-state index contributed by atoms with van der Waals surface area (Å²) in [5, 5.41) is 0. The lowest BCUT2D eigenvalue weighted by Gasteiger charge is -2.45. The van der Waals surface area contributed by atoms with E-state index in [0.29, 0.717) is 32.2 Å². The first-order chi connectivity index (χ1) is 18.2. The second-order valence-corrected chi connectivity index (χ2v) is 10.00. The summed E-state index contributed by atoms with van der Waals surface area (Å²) in [6.45, 7) is 2.77. The average Bonchev–Trinajstić information content (AvgIpc) is 3.27. The zero-order chi connectivity index (χ0) is 27.0. The normalized spacial score (nSPS) is 21.7. The Kier molecular flexibility index (Phi) is 7.15. The molecule has 1 spiro atoms. The Hall–Kier alpha value is -3.44. The predicted molar refractivity (Wildman–Crippen MR) is 131 cm³/mol. The van der Waals surface area contributed by atoms with Gasteiger partial charge in [-0.05, 0) is 43.4 Å². The summed E-state index contributed by atoms with van der Waals surface area (Å²) < 4.78 is 47.3. The molecule has 0 bridgehead atoms. The van der Waals surface area contributed by atoms with E-state index in [-0.39, 0.29) is 49.6 Å². The molecule has 3 aliphatic heterocycles. The average molecular weight is 531 g/mol. The minimum Gasteiger partial charge on any atom is -0.353 e. The van der Waals surface area contributed by atoms with E-state index in [0.717, 1.165) is 12.1 Å². The van der Waals surface area contributed by atoms with Gasteiger partial charge in [-0.3, -0.25) is 19.3 Å². The molecule has 3 fully saturated rings. The van der Waals surface area contributed by atoms with Crippen LogP contribution in [0.4, 0.5) is 13.2 Å². The van der Waals surface area contributed by atoms with Crippen molar-refractivity contribution >= 4 is 17.7 Å². The van der Waals surface area contributed by atoms with E-state index in [4.69, 9.17) is 4.74 Å². The highest BCUT2D eigenvalue weighted by atomic mass is 19.1. The van der Waals surface area contributed by atoms with Gasteiger partial charge in [0.05, 0.1) is 12.2 Å². The van der Waals surface area contributed by atoms with Crippen molar-refractivity contribution in [2.75, 3.05) is 52.9 Å². The van der Waals surface area contributed by atoms with Crippen molar-refractivity contribution < 1.29 is 32.3 Å². The van der Waals surface area contributed by atoms with E-state index in [1.807, 2.05) is 7.05 Å². The van der Waals surface area contributed by atoms with Gasteiger partial charge in [-0.15, -0.1) is 0 Å². The van der Waals surface area contributed by atoms with E-state index >= 15 is 0 Å². The van der Waals surface area contributed by atoms with Gasteiger partial charge in [-0.1, -0.05) is 0 Å². The van der Waals surface area contributed by atoms with E-state index in [1.165, 1.54) is 34.1 Å². The number of amides is 3. The first-order valence-electron chi connectivity index (χ1n) is 12.6. The molecule has 0 aromatic heterocycles. The number of piperidine rings is 1. The Morgan fingerprint density at radius 2 is 1.45 bits per heavy atom. The fourth-order valence-corrected chi connectivity index (χ4v) is 5.42. The number of nitrogens with zero attached hydrogens (tertiary/aromatic N) is 4. The van der Waals surface area contributed by atoms with Gasteiger partial charge in [-0.25, -0.2) is 13.2 Å². The number of carbonyl (C=O) groups excluding carboxylic acids is 3. The summed E-state index contributed by atoms with van der Waals surface area (Å²) in [6.07, 6.45) is 0.391. The van der Waals surface area contributed by atoms with Gasteiger partial charge in [0, 0.05) is 63.7 Å². The SMILES string of the molecule is CN1CCN(C(=O)C2COC3(CCN(C(=O)c4ccc(F)cc4F)CC3)N2C(=O)c2ccc(F)cc2)CC1. The van der Waals surface area contributed by atoms with E-state index < -0.39 is 41.0 Å². The molecule has 3 heterocycles. The molecule has 5 rings (SSSR count). The largest absolute Gasteiger partial charge is 0.353 e. The molecule has 1 unspecified atom stereocenters. The van der Waals surface area contributed by atoms with Crippen LogP contribution in [0.25, 0.3) is 0 Å². The van der Waals surface area contributed by atoms with Gasteiger partial charge < -0.3 is 19.4 Å². The Bertz CT molecular complexity index is 1230. The van der Waals surface area contributed by atoms with Crippen LogP contribution < -0.4 is 0 Å². The molecular weight excluding hydrogens is 501 g/mol. The van der Waals surface area contributed by atoms with Crippen LogP contribution in [0, 0.1) is 17.5 Å². The Morgan fingerprint density at radius 3 is 2.08 bits per heavy atom. The molecule has 8 nitrogen and oxygen atoms in total. The molecular formula is C27H29F3N4O4. The number of carbonyl (C=O) groups is 3. The smallest absolute Gasteiger partial charge is 0.256 e. The molecule has 3 aliphatic rings. The zero-order valence-electron chi connectivity index (χ0n) is 21.0. The third-order valence-corrected chi connectivity index (χ3v) is 7.66. The lowest BCUT2D eigenvalue weighted by molar-refractivity contribution is -0.139. The van der Waals surface area contributed by atoms with Crippen molar-refractivity contribution in [3.63, 3.8) is 0 Å².